The molecule has 1 aliphatic rings. The lowest BCUT2D eigenvalue weighted by atomic mass is 9.82. The van der Waals surface area contributed by atoms with E-state index in [-0.39, 0.29) is 5.41 Å². The van der Waals surface area contributed by atoms with E-state index in [1.165, 1.54) is 44.1 Å². The molecule has 0 amide bonds. The van der Waals surface area contributed by atoms with Gasteiger partial charge in [0.2, 0.25) is 0 Å². The Morgan fingerprint density at radius 1 is 0.426 bits per heavy atom. The van der Waals surface area contributed by atoms with Crippen LogP contribution in [0.1, 0.15) is 25.0 Å². The summed E-state index contributed by atoms with van der Waals surface area (Å²) < 4.78 is 2.35. The van der Waals surface area contributed by atoms with E-state index in [1.54, 1.807) is 0 Å². The maximum atomic E-state index is 5.21. The van der Waals surface area contributed by atoms with E-state index in [4.69, 9.17) is 4.98 Å². The highest BCUT2D eigenvalue weighted by Gasteiger charge is 2.35. The van der Waals surface area contributed by atoms with Gasteiger partial charge in [-0.15, -0.1) is 0 Å². The number of hydrogen-bond acceptors (Lipinski definition) is 3. The summed E-state index contributed by atoms with van der Waals surface area (Å²) in [7, 11) is 0. The van der Waals surface area contributed by atoms with Gasteiger partial charge in [-0.1, -0.05) is 117 Å². The number of fused-ring (bicyclic) bond motifs is 6. The molecular weight excluding hydrogens is 657 g/mol. The zero-order valence-corrected chi connectivity index (χ0v) is 30.3. The molecule has 0 N–H and O–H groups in total. The molecule has 7 aromatic carbocycles. The number of pyridine rings is 1. The van der Waals surface area contributed by atoms with Crippen LogP contribution in [0.4, 0.5) is 34.3 Å². The zero-order valence-electron chi connectivity index (χ0n) is 30.3. The second kappa shape index (κ2) is 12.6. The summed E-state index contributed by atoms with van der Waals surface area (Å²) in [6, 6.07) is 67.2. The third kappa shape index (κ3) is 5.10. The van der Waals surface area contributed by atoms with Gasteiger partial charge in [0.15, 0.2) is 0 Å². The van der Waals surface area contributed by atoms with Crippen LogP contribution in [0, 0.1) is 0 Å². The van der Waals surface area contributed by atoms with Crippen LogP contribution in [0.15, 0.2) is 194 Å². The molecule has 4 nitrogen and oxygen atoms in total. The summed E-state index contributed by atoms with van der Waals surface area (Å²) in [5.74, 6) is 0.841. The van der Waals surface area contributed by atoms with E-state index >= 15 is 0 Å². The van der Waals surface area contributed by atoms with Crippen molar-refractivity contribution in [2.24, 2.45) is 0 Å². The molecule has 0 aliphatic heterocycles. The molecule has 0 atom stereocenters. The van der Waals surface area contributed by atoms with E-state index in [9.17, 15) is 0 Å². The van der Waals surface area contributed by atoms with Gasteiger partial charge in [0.1, 0.15) is 5.82 Å². The second-order valence-electron chi connectivity index (χ2n) is 14.5. The first-order valence-corrected chi connectivity index (χ1v) is 18.6. The minimum absolute atomic E-state index is 0.0500. The molecule has 4 heteroatoms. The lowest BCUT2D eigenvalue weighted by Gasteiger charge is -2.28. The summed E-state index contributed by atoms with van der Waals surface area (Å²) in [5.41, 5.74) is 14.0. The van der Waals surface area contributed by atoms with Gasteiger partial charge in [-0.2, -0.15) is 0 Å². The van der Waals surface area contributed by atoms with Crippen LogP contribution in [0.2, 0.25) is 0 Å². The number of para-hydroxylation sites is 4. The lowest BCUT2D eigenvalue weighted by molar-refractivity contribution is 0.660. The average molecular weight is 695 g/mol. The number of hydrogen-bond donors (Lipinski definition) is 0. The van der Waals surface area contributed by atoms with Crippen LogP contribution in [-0.2, 0) is 5.41 Å². The van der Waals surface area contributed by atoms with Crippen molar-refractivity contribution in [3.8, 4) is 16.8 Å². The van der Waals surface area contributed by atoms with Gasteiger partial charge in [0.05, 0.1) is 22.9 Å². The van der Waals surface area contributed by atoms with Crippen molar-refractivity contribution in [1.82, 2.24) is 9.55 Å². The smallest absolute Gasteiger partial charge is 0.137 e. The molecule has 2 heterocycles. The highest BCUT2D eigenvalue weighted by Crippen LogP contribution is 2.50. The van der Waals surface area contributed by atoms with E-state index in [2.05, 4.69) is 216 Å². The molecule has 54 heavy (non-hydrogen) atoms. The Morgan fingerprint density at radius 2 is 1.00 bits per heavy atom. The van der Waals surface area contributed by atoms with Crippen LogP contribution >= 0.6 is 0 Å². The molecule has 0 spiro atoms. The molecule has 2 aromatic heterocycles. The maximum absolute atomic E-state index is 5.21. The van der Waals surface area contributed by atoms with Gasteiger partial charge in [-0.3, -0.25) is 4.90 Å². The number of benzene rings is 7. The summed E-state index contributed by atoms with van der Waals surface area (Å²) in [5, 5.41) is 2.41. The highest BCUT2D eigenvalue weighted by molar-refractivity contribution is 6.10. The van der Waals surface area contributed by atoms with Gasteiger partial charge in [-0.05, 0) is 107 Å². The Hall–Kier alpha value is -6.91. The predicted molar refractivity (Wildman–Crippen MR) is 226 cm³/mol. The molecule has 0 saturated carbocycles. The third-order valence-corrected chi connectivity index (χ3v) is 11.0. The van der Waals surface area contributed by atoms with Crippen molar-refractivity contribution < 1.29 is 0 Å². The first-order chi connectivity index (χ1) is 26.6. The van der Waals surface area contributed by atoms with Crippen molar-refractivity contribution in [2.75, 3.05) is 9.80 Å². The fraction of sp³-hybridized carbons (Fsp3) is 0.0600. The van der Waals surface area contributed by atoms with Crippen molar-refractivity contribution >= 4 is 56.1 Å². The van der Waals surface area contributed by atoms with E-state index in [0.717, 1.165) is 39.9 Å². The van der Waals surface area contributed by atoms with E-state index in [0.29, 0.717) is 0 Å². The summed E-state index contributed by atoms with van der Waals surface area (Å²) in [4.78, 5) is 9.77. The largest absolute Gasteiger partial charge is 0.309 e. The molecule has 0 bridgehead atoms. The summed E-state index contributed by atoms with van der Waals surface area (Å²) >= 11 is 0. The van der Waals surface area contributed by atoms with Crippen LogP contribution in [-0.4, -0.2) is 9.55 Å². The molecule has 258 valence electrons. The Morgan fingerprint density at radius 3 is 1.74 bits per heavy atom. The van der Waals surface area contributed by atoms with Gasteiger partial charge >= 0.3 is 0 Å². The number of aromatic nitrogens is 2. The van der Waals surface area contributed by atoms with E-state index in [1.807, 2.05) is 6.20 Å². The van der Waals surface area contributed by atoms with Gasteiger partial charge in [-0.25, -0.2) is 4.98 Å². The average Bonchev–Trinajstić information content (AvgIpc) is 3.68. The van der Waals surface area contributed by atoms with Crippen molar-refractivity contribution in [1.29, 1.82) is 0 Å². The van der Waals surface area contributed by atoms with E-state index < -0.39 is 0 Å². The van der Waals surface area contributed by atoms with Crippen molar-refractivity contribution in [2.45, 2.75) is 19.3 Å². The Balaban J connectivity index is 1.09. The quantitative estimate of drug-likeness (QED) is 0.166. The molecule has 10 rings (SSSR count). The van der Waals surface area contributed by atoms with Crippen molar-refractivity contribution in [3.63, 3.8) is 0 Å². The number of rotatable bonds is 7. The maximum Gasteiger partial charge on any atom is 0.137 e. The fourth-order valence-electron chi connectivity index (χ4n) is 8.46. The van der Waals surface area contributed by atoms with Crippen LogP contribution < -0.4 is 9.80 Å². The molecule has 0 unspecified atom stereocenters. The minimum Gasteiger partial charge on any atom is -0.309 e. The molecule has 0 fully saturated rings. The molecule has 9 aromatic rings. The Kier molecular flexibility index (Phi) is 7.44. The fourth-order valence-corrected chi connectivity index (χ4v) is 8.46. The van der Waals surface area contributed by atoms with Crippen LogP contribution in [0.5, 0.6) is 0 Å². The summed E-state index contributed by atoms with van der Waals surface area (Å²) in [6.07, 6.45) is 2.00. The monoisotopic (exact) mass is 694 g/mol. The van der Waals surface area contributed by atoms with Crippen LogP contribution in [0.3, 0.4) is 0 Å². The summed E-state index contributed by atoms with van der Waals surface area (Å²) in [6.45, 7) is 4.65. The predicted octanol–water partition coefficient (Wildman–Crippen LogP) is 13.4. The zero-order chi connectivity index (χ0) is 36.2. The SMILES string of the molecule is CC1(C)c2ccccc2-c2cc(N(c3ccccc3)c3ccc(N(c4ccccc4)c4ccc5c(c4)c4ccccc4n5-c4ccccc4)nc3)ccc21. The Bertz CT molecular complexity index is 2790. The first kappa shape index (κ1) is 31.8. The molecule has 0 radical (unpaired) electrons. The first-order valence-electron chi connectivity index (χ1n) is 18.6. The normalized spacial score (nSPS) is 12.8. The van der Waals surface area contributed by atoms with Crippen LogP contribution in [0.25, 0.3) is 38.6 Å². The molecule has 1 aliphatic carbocycles. The van der Waals surface area contributed by atoms with Gasteiger partial charge in [0.25, 0.3) is 0 Å². The second-order valence-corrected chi connectivity index (χ2v) is 14.5. The van der Waals surface area contributed by atoms with Crippen molar-refractivity contribution in [3.05, 3.63) is 205 Å². The number of anilines is 6. The lowest BCUT2D eigenvalue weighted by Crippen LogP contribution is -2.15. The Labute approximate surface area is 315 Å². The number of nitrogens with zero attached hydrogens (tertiary/aromatic N) is 4. The molecule has 0 saturated heterocycles. The standard InChI is InChI=1S/C50H38N4/c1-50(2)45-24-14-12-22-41(45)43-32-38(26-29-46(43)50)52(35-16-6-3-7-17-35)40-28-31-49(51-34-40)53(36-18-8-4-9-19-36)39-27-30-48-44(33-39)42-23-13-15-25-47(42)54(48)37-20-10-5-11-21-37/h3-34H,1-2H3. The molecular formula is C50H38N4. The van der Waals surface area contributed by atoms with Gasteiger partial charge in [0, 0.05) is 44.6 Å². The minimum atomic E-state index is -0.0500. The van der Waals surface area contributed by atoms with Gasteiger partial charge < -0.3 is 9.47 Å². The third-order valence-electron chi connectivity index (χ3n) is 11.0. The topological polar surface area (TPSA) is 24.3 Å². The highest BCUT2D eigenvalue weighted by atomic mass is 15.2.